The minimum Gasteiger partial charge on any atom is -0.396 e. The van der Waals surface area contributed by atoms with Gasteiger partial charge in [0.25, 0.3) is 0 Å². The average molecular weight is 228 g/mol. The van der Waals surface area contributed by atoms with Crippen LogP contribution in [0.25, 0.3) is 0 Å². The number of rotatable bonds is 10. The first-order valence-corrected chi connectivity index (χ1v) is 5.93. The van der Waals surface area contributed by atoms with Crippen LogP contribution in [0.5, 0.6) is 0 Å². The van der Waals surface area contributed by atoms with Crippen LogP contribution >= 0.6 is 0 Å². The first-order valence-electron chi connectivity index (χ1n) is 5.93. The van der Waals surface area contributed by atoms with E-state index in [1.165, 1.54) is 0 Å². The predicted molar refractivity (Wildman–Crippen MR) is 66.2 cm³/mol. The van der Waals surface area contributed by atoms with Crippen molar-refractivity contribution < 1.29 is 9.90 Å². The monoisotopic (exact) mass is 228 g/mol. The molecule has 3 N–H and O–H groups in total. The Balaban J connectivity index is 3.64. The minimum absolute atomic E-state index is 0.000827. The third-order valence-corrected chi connectivity index (χ3v) is 2.40. The average Bonchev–Trinajstić information content (AvgIpc) is 2.27. The normalized spacial score (nSPS) is 12.1. The van der Waals surface area contributed by atoms with E-state index in [9.17, 15) is 4.79 Å². The second-order valence-electron chi connectivity index (χ2n) is 3.89. The number of amides is 1. The van der Waals surface area contributed by atoms with Crippen LogP contribution in [-0.2, 0) is 4.79 Å². The quantitative estimate of drug-likeness (QED) is 0.380. The fourth-order valence-corrected chi connectivity index (χ4v) is 1.55. The van der Waals surface area contributed by atoms with Gasteiger partial charge in [-0.25, -0.2) is 0 Å². The molecule has 1 amide bonds. The van der Waals surface area contributed by atoms with E-state index in [1.54, 1.807) is 6.08 Å². The molecule has 0 spiro atoms. The number of aliphatic hydroxyl groups excluding tert-OH is 1. The van der Waals surface area contributed by atoms with Gasteiger partial charge in [0.1, 0.15) is 0 Å². The highest BCUT2D eigenvalue weighted by atomic mass is 16.3. The highest BCUT2D eigenvalue weighted by Crippen LogP contribution is 2.08. The van der Waals surface area contributed by atoms with Crippen LogP contribution in [0.3, 0.4) is 0 Å². The standard InChI is InChI=1S/C12H24N2O2/c1-3-5-11(6-8-15)9-14-12(16)10-13-7-4-2/h4,11,13,15H,2-3,5-10H2,1H3,(H,14,16). The van der Waals surface area contributed by atoms with Crippen molar-refractivity contribution in [2.45, 2.75) is 26.2 Å². The van der Waals surface area contributed by atoms with Gasteiger partial charge in [-0.1, -0.05) is 19.4 Å². The maximum Gasteiger partial charge on any atom is 0.233 e. The number of hydrogen-bond donors (Lipinski definition) is 3. The SMILES string of the molecule is C=CCNCC(=O)NCC(CCC)CCO. The third kappa shape index (κ3) is 8.44. The topological polar surface area (TPSA) is 61.4 Å². The Hall–Kier alpha value is -0.870. The fourth-order valence-electron chi connectivity index (χ4n) is 1.55. The van der Waals surface area contributed by atoms with Crippen molar-refractivity contribution in [3.8, 4) is 0 Å². The molecule has 0 saturated heterocycles. The highest BCUT2D eigenvalue weighted by molar-refractivity contribution is 5.77. The molecule has 0 aromatic rings. The van der Waals surface area contributed by atoms with Gasteiger partial charge in [-0.2, -0.15) is 0 Å². The van der Waals surface area contributed by atoms with E-state index in [2.05, 4.69) is 24.1 Å². The lowest BCUT2D eigenvalue weighted by atomic mass is 10.0. The molecule has 0 aliphatic rings. The molecular weight excluding hydrogens is 204 g/mol. The summed E-state index contributed by atoms with van der Waals surface area (Å²) in [5.41, 5.74) is 0. The van der Waals surface area contributed by atoms with Crippen LogP contribution in [0, 0.1) is 5.92 Å². The zero-order valence-corrected chi connectivity index (χ0v) is 10.2. The van der Waals surface area contributed by atoms with Crippen LogP contribution in [-0.4, -0.2) is 37.3 Å². The summed E-state index contributed by atoms with van der Waals surface area (Å²) < 4.78 is 0. The summed E-state index contributed by atoms with van der Waals surface area (Å²) in [6.07, 6.45) is 4.60. The van der Waals surface area contributed by atoms with E-state index in [-0.39, 0.29) is 12.5 Å². The molecule has 0 bridgehead atoms. The van der Waals surface area contributed by atoms with E-state index in [4.69, 9.17) is 5.11 Å². The molecule has 0 fully saturated rings. The number of aliphatic hydroxyl groups is 1. The molecular formula is C12H24N2O2. The Labute approximate surface area is 98.1 Å². The largest absolute Gasteiger partial charge is 0.396 e. The molecule has 4 nitrogen and oxygen atoms in total. The van der Waals surface area contributed by atoms with Gasteiger partial charge in [0, 0.05) is 19.7 Å². The van der Waals surface area contributed by atoms with Crippen molar-refractivity contribution in [2.24, 2.45) is 5.92 Å². The molecule has 0 aromatic carbocycles. The molecule has 0 radical (unpaired) electrons. The summed E-state index contributed by atoms with van der Waals surface area (Å²) >= 11 is 0. The Bertz CT molecular complexity index is 189. The zero-order chi connectivity index (χ0) is 12.2. The number of nitrogens with one attached hydrogen (secondary N) is 2. The molecule has 0 saturated carbocycles. The first kappa shape index (κ1) is 15.1. The van der Waals surface area contributed by atoms with Crippen LogP contribution in [0.2, 0.25) is 0 Å². The Morgan fingerprint density at radius 2 is 2.25 bits per heavy atom. The Morgan fingerprint density at radius 3 is 2.81 bits per heavy atom. The molecule has 0 aliphatic carbocycles. The Morgan fingerprint density at radius 1 is 1.50 bits per heavy atom. The van der Waals surface area contributed by atoms with Crippen LogP contribution in [0.4, 0.5) is 0 Å². The number of hydrogen-bond acceptors (Lipinski definition) is 3. The van der Waals surface area contributed by atoms with E-state index >= 15 is 0 Å². The van der Waals surface area contributed by atoms with Crippen molar-refractivity contribution in [2.75, 3.05) is 26.2 Å². The lowest BCUT2D eigenvalue weighted by Gasteiger charge is -2.15. The molecule has 1 unspecified atom stereocenters. The van der Waals surface area contributed by atoms with Gasteiger partial charge in [0.2, 0.25) is 5.91 Å². The molecule has 0 heterocycles. The van der Waals surface area contributed by atoms with Crippen LogP contribution in [0.15, 0.2) is 12.7 Å². The van der Waals surface area contributed by atoms with E-state index in [1.807, 2.05) is 0 Å². The van der Waals surface area contributed by atoms with Crippen molar-refractivity contribution >= 4 is 5.91 Å². The van der Waals surface area contributed by atoms with Gasteiger partial charge in [-0.05, 0) is 18.8 Å². The van der Waals surface area contributed by atoms with Crippen molar-refractivity contribution in [3.63, 3.8) is 0 Å². The third-order valence-electron chi connectivity index (χ3n) is 2.40. The fraction of sp³-hybridized carbons (Fsp3) is 0.750. The molecule has 0 aromatic heterocycles. The molecule has 0 aliphatic heterocycles. The lowest BCUT2D eigenvalue weighted by molar-refractivity contribution is -0.120. The molecule has 0 rings (SSSR count). The van der Waals surface area contributed by atoms with Gasteiger partial charge in [0.05, 0.1) is 6.54 Å². The van der Waals surface area contributed by atoms with Crippen molar-refractivity contribution in [3.05, 3.63) is 12.7 Å². The Kier molecular flexibility index (Phi) is 10.1. The summed E-state index contributed by atoms with van der Waals surface area (Å²) in [5.74, 6) is 0.388. The van der Waals surface area contributed by atoms with Gasteiger partial charge in [-0.3, -0.25) is 4.79 Å². The summed E-state index contributed by atoms with van der Waals surface area (Å²) in [6, 6.07) is 0. The van der Waals surface area contributed by atoms with Crippen LogP contribution in [0.1, 0.15) is 26.2 Å². The van der Waals surface area contributed by atoms with Gasteiger partial charge >= 0.3 is 0 Å². The highest BCUT2D eigenvalue weighted by Gasteiger charge is 2.08. The van der Waals surface area contributed by atoms with E-state index in [0.717, 1.165) is 19.3 Å². The predicted octanol–water partition coefficient (Wildman–Crippen LogP) is 0.677. The maximum absolute atomic E-state index is 11.4. The molecule has 94 valence electrons. The zero-order valence-electron chi connectivity index (χ0n) is 10.2. The summed E-state index contributed by atoms with van der Waals surface area (Å²) in [4.78, 5) is 11.4. The lowest BCUT2D eigenvalue weighted by Crippen LogP contribution is -2.36. The van der Waals surface area contributed by atoms with Crippen LogP contribution < -0.4 is 10.6 Å². The maximum atomic E-state index is 11.4. The van der Waals surface area contributed by atoms with Gasteiger partial charge < -0.3 is 15.7 Å². The smallest absolute Gasteiger partial charge is 0.233 e. The molecule has 4 heteroatoms. The van der Waals surface area contributed by atoms with E-state index in [0.29, 0.717) is 25.6 Å². The summed E-state index contributed by atoms with van der Waals surface area (Å²) in [6.45, 7) is 7.48. The van der Waals surface area contributed by atoms with Crippen molar-refractivity contribution in [1.29, 1.82) is 0 Å². The number of carbonyl (C=O) groups is 1. The first-order chi connectivity index (χ1) is 7.74. The molecule has 16 heavy (non-hydrogen) atoms. The van der Waals surface area contributed by atoms with Gasteiger partial charge in [-0.15, -0.1) is 6.58 Å². The second kappa shape index (κ2) is 10.6. The molecule has 1 atom stereocenters. The second-order valence-corrected chi connectivity index (χ2v) is 3.89. The minimum atomic E-state index is 0.000827. The van der Waals surface area contributed by atoms with Crippen molar-refractivity contribution in [1.82, 2.24) is 10.6 Å². The van der Waals surface area contributed by atoms with E-state index < -0.39 is 0 Å². The van der Waals surface area contributed by atoms with Gasteiger partial charge in [0.15, 0.2) is 0 Å². The summed E-state index contributed by atoms with van der Waals surface area (Å²) in [7, 11) is 0. The summed E-state index contributed by atoms with van der Waals surface area (Å²) in [5, 5.41) is 14.7. The number of carbonyl (C=O) groups excluding carboxylic acids is 1.